The monoisotopic (exact) mass is 408 g/mol. The van der Waals surface area contributed by atoms with E-state index in [4.69, 9.17) is 4.74 Å². The number of hydrogen-bond acceptors (Lipinski definition) is 6. The summed E-state index contributed by atoms with van der Waals surface area (Å²) in [4.78, 5) is 38.8. The molecule has 2 fully saturated rings. The van der Waals surface area contributed by atoms with Crippen molar-refractivity contribution >= 4 is 33.5 Å². The van der Waals surface area contributed by atoms with Crippen LogP contribution in [0.3, 0.4) is 0 Å². The van der Waals surface area contributed by atoms with E-state index in [2.05, 4.69) is 0 Å². The highest BCUT2D eigenvalue weighted by Gasteiger charge is 2.42. The summed E-state index contributed by atoms with van der Waals surface area (Å²) in [6.07, 6.45) is 1.35. The summed E-state index contributed by atoms with van der Waals surface area (Å²) >= 11 is 0. The van der Waals surface area contributed by atoms with Gasteiger partial charge in [-0.3, -0.25) is 14.4 Å². The molecule has 0 saturated carbocycles. The molecule has 2 atom stereocenters. The maximum absolute atomic E-state index is 12.9. The van der Waals surface area contributed by atoms with Crippen molar-refractivity contribution in [3.8, 4) is 0 Å². The fourth-order valence-electron chi connectivity index (χ4n) is 3.65. The molecule has 2 aliphatic rings. The highest BCUT2D eigenvalue weighted by atomic mass is 32.2. The molecule has 0 N–H and O–H groups in total. The summed E-state index contributed by atoms with van der Waals surface area (Å²) in [6, 6.07) is 6.06. The molecule has 2 saturated heterocycles. The number of piperidine rings is 1. The van der Waals surface area contributed by atoms with Gasteiger partial charge in [0.1, 0.15) is 0 Å². The number of esters is 1. The molecule has 0 spiro atoms. The zero-order valence-electron chi connectivity index (χ0n) is 16.0. The number of rotatable bonds is 4. The summed E-state index contributed by atoms with van der Waals surface area (Å²) in [5.41, 5.74) is 0.448. The van der Waals surface area contributed by atoms with Gasteiger partial charge in [0.2, 0.25) is 15.9 Å². The van der Waals surface area contributed by atoms with Crippen molar-refractivity contribution in [2.24, 2.45) is 11.8 Å². The number of carbonyl (C=O) groups is 3. The number of likely N-dealkylation sites (tertiary alicyclic amines) is 1. The highest BCUT2D eigenvalue weighted by molar-refractivity contribution is 7.94. The average molecular weight is 408 g/mol. The number of amides is 2. The molecule has 0 bridgehead atoms. The molecule has 0 radical (unpaired) electrons. The SMILES string of the molecule is CCOC(=O)C1CCCN(C(=O)c2cccc(N3C(=O)C(C)CS3(=O)=O)c2)C1. The molecule has 8 nitrogen and oxygen atoms in total. The summed E-state index contributed by atoms with van der Waals surface area (Å²) in [5, 5.41) is 0. The second-order valence-electron chi connectivity index (χ2n) is 7.17. The first kappa shape index (κ1) is 20.3. The molecule has 2 heterocycles. The van der Waals surface area contributed by atoms with Crippen molar-refractivity contribution in [2.45, 2.75) is 26.7 Å². The van der Waals surface area contributed by atoms with Crippen molar-refractivity contribution in [3.05, 3.63) is 29.8 Å². The normalized spacial score (nSPS) is 24.3. The van der Waals surface area contributed by atoms with Crippen molar-refractivity contribution in [3.63, 3.8) is 0 Å². The molecule has 9 heteroatoms. The van der Waals surface area contributed by atoms with Crippen molar-refractivity contribution in [2.75, 3.05) is 29.8 Å². The lowest BCUT2D eigenvalue weighted by atomic mass is 9.97. The van der Waals surface area contributed by atoms with Gasteiger partial charge >= 0.3 is 5.97 Å². The molecular formula is C19H24N2O6S. The Morgan fingerprint density at radius 2 is 2.04 bits per heavy atom. The van der Waals surface area contributed by atoms with Gasteiger partial charge in [-0.15, -0.1) is 0 Å². The largest absolute Gasteiger partial charge is 0.466 e. The van der Waals surface area contributed by atoms with Gasteiger partial charge in [0.05, 0.1) is 29.9 Å². The molecule has 152 valence electrons. The van der Waals surface area contributed by atoms with Crippen LogP contribution in [0.15, 0.2) is 24.3 Å². The molecular weight excluding hydrogens is 384 g/mol. The molecule has 1 aromatic rings. The predicted molar refractivity (Wildman–Crippen MR) is 102 cm³/mol. The third-order valence-electron chi connectivity index (χ3n) is 5.02. The summed E-state index contributed by atoms with van der Waals surface area (Å²) in [6.45, 7) is 4.38. The zero-order chi connectivity index (χ0) is 20.5. The Labute approximate surface area is 164 Å². The van der Waals surface area contributed by atoms with E-state index >= 15 is 0 Å². The first-order valence-corrected chi connectivity index (χ1v) is 11.0. The van der Waals surface area contributed by atoms with Gasteiger partial charge < -0.3 is 9.64 Å². The molecule has 2 unspecified atom stereocenters. The van der Waals surface area contributed by atoms with Gasteiger partial charge in [-0.2, -0.15) is 0 Å². The fraction of sp³-hybridized carbons (Fsp3) is 0.526. The van der Waals surface area contributed by atoms with Crippen LogP contribution in [-0.2, 0) is 24.3 Å². The second-order valence-corrected chi connectivity index (χ2v) is 9.04. The Balaban J connectivity index is 1.81. The number of sulfonamides is 1. The Kier molecular flexibility index (Phi) is 5.74. The predicted octanol–water partition coefficient (Wildman–Crippen LogP) is 1.41. The summed E-state index contributed by atoms with van der Waals surface area (Å²) in [7, 11) is -3.73. The first-order chi connectivity index (χ1) is 13.2. The van der Waals surface area contributed by atoms with Gasteiger partial charge in [-0.05, 0) is 38.0 Å². The molecule has 2 amide bonds. The number of nitrogens with zero attached hydrogens (tertiary/aromatic N) is 2. The van der Waals surface area contributed by atoms with Crippen molar-refractivity contribution < 1.29 is 27.5 Å². The van der Waals surface area contributed by atoms with Crippen LogP contribution in [0, 0.1) is 11.8 Å². The van der Waals surface area contributed by atoms with E-state index in [0.29, 0.717) is 26.0 Å². The summed E-state index contributed by atoms with van der Waals surface area (Å²) in [5.74, 6) is -2.31. The van der Waals surface area contributed by atoms with Crippen LogP contribution in [0.2, 0.25) is 0 Å². The van der Waals surface area contributed by atoms with E-state index in [0.717, 1.165) is 4.31 Å². The maximum Gasteiger partial charge on any atom is 0.310 e. The van der Waals surface area contributed by atoms with Gasteiger partial charge in [-0.1, -0.05) is 13.0 Å². The minimum Gasteiger partial charge on any atom is -0.466 e. The Hall–Kier alpha value is -2.42. The Morgan fingerprint density at radius 1 is 1.29 bits per heavy atom. The van der Waals surface area contributed by atoms with Crippen LogP contribution in [0.5, 0.6) is 0 Å². The Morgan fingerprint density at radius 3 is 2.68 bits per heavy atom. The van der Waals surface area contributed by atoms with Crippen LogP contribution in [-0.4, -0.2) is 56.6 Å². The van der Waals surface area contributed by atoms with E-state index in [1.807, 2.05) is 0 Å². The number of carbonyl (C=O) groups excluding carboxylic acids is 3. The van der Waals surface area contributed by atoms with Crippen LogP contribution in [0.1, 0.15) is 37.0 Å². The molecule has 28 heavy (non-hydrogen) atoms. The zero-order valence-corrected chi connectivity index (χ0v) is 16.8. The molecule has 2 aliphatic heterocycles. The van der Waals surface area contributed by atoms with E-state index in [1.54, 1.807) is 30.9 Å². The first-order valence-electron chi connectivity index (χ1n) is 9.37. The van der Waals surface area contributed by atoms with Gasteiger partial charge in [0.25, 0.3) is 5.91 Å². The van der Waals surface area contributed by atoms with E-state index in [9.17, 15) is 22.8 Å². The van der Waals surface area contributed by atoms with Gasteiger partial charge in [0, 0.05) is 18.7 Å². The highest BCUT2D eigenvalue weighted by Crippen LogP contribution is 2.29. The summed E-state index contributed by atoms with van der Waals surface area (Å²) < 4.78 is 30.5. The van der Waals surface area contributed by atoms with E-state index in [1.165, 1.54) is 12.1 Å². The fourth-order valence-corrected chi connectivity index (χ4v) is 5.46. The smallest absolute Gasteiger partial charge is 0.310 e. The van der Waals surface area contributed by atoms with Crippen molar-refractivity contribution in [1.29, 1.82) is 0 Å². The third-order valence-corrected chi connectivity index (χ3v) is 6.89. The molecule has 0 aliphatic carbocycles. The van der Waals surface area contributed by atoms with Crippen LogP contribution >= 0.6 is 0 Å². The molecule has 3 rings (SSSR count). The maximum atomic E-state index is 12.9. The van der Waals surface area contributed by atoms with Crippen LogP contribution in [0.4, 0.5) is 5.69 Å². The topological polar surface area (TPSA) is 101 Å². The van der Waals surface area contributed by atoms with E-state index in [-0.39, 0.29) is 41.3 Å². The van der Waals surface area contributed by atoms with Crippen LogP contribution in [0.25, 0.3) is 0 Å². The van der Waals surface area contributed by atoms with Crippen molar-refractivity contribution in [1.82, 2.24) is 4.90 Å². The third kappa shape index (κ3) is 3.89. The Bertz CT molecular complexity index is 897. The minimum atomic E-state index is -3.73. The lowest BCUT2D eigenvalue weighted by Crippen LogP contribution is -2.42. The standard InChI is InChI=1S/C19H24N2O6S/c1-3-27-19(24)15-7-5-9-20(11-15)18(23)14-6-4-8-16(10-14)21-17(22)13(2)12-28(21,25)26/h4,6,8,10,13,15H,3,5,7,9,11-12H2,1-2H3. The van der Waals surface area contributed by atoms with E-state index < -0.39 is 21.8 Å². The number of hydrogen-bond donors (Lipinski definition) is 0. The number of ether oxygens (including phenoxy) is 1. The molecule has 1 aromatic carbocycles. The lowest BCUT2D eigenvalue weighted by Gasteiger charge is -2.31. The van der Waals surface area contributed by atoms with Gasteiger partial charge in [-0.25, -0.2) is 12.7 Å². The van der Waals surface area contributed by atoms with Crippen LogP contribution < -0.4 is 4.31 Å². The number of benzene rings is 1. The minimum absolute atomic E-state index is 0.166. The quantitative estimate of drug-likeness (QED) is 0.699. The lowest BCUT2D eigenvalue weighted by molar-refractivity contribution is -0.149. The second kappa shape index (κ2) is 7.90. The molecule has 0 aromatic heterocycles. The number of anilines is 1. The average Bonchev–Trinajstić information content (AvgIpc) is 2.88. The van der Waals surface area contributed by atoms with Gasteiger partial charge in [0.15, 0.2) is 0 Å².